The van der Waals surface area contributed by atoms with Gasteiger partial charge in [-0.1, -0.05) is 36.4 Å². The van der Waals surface area contributed by atoms with Gasteiger partial charge in [0.1, 0.15) is 0 Å². The van der Waals surface area contributed by atoms with E-state index in [-0.39, 0.29) is 22.0 Å². The van der Waals surface area contributed by atoms with Gasteiger partial charge in [-0.15, -0.1) is 10.2 Å². The van der Waals surface area contributed by atoms with Crippen LogP contribution < -0.4 is 4.72 Å². The average Bonchev–Trinajstić information content (AvgIpc) is 3.07. The highest BCUT2D eigenvalue weighted by Gasteiger charge is 2.17. The van der Waals surface area contributed by atoms with Crippen molar-refractivity contribution in [2.24, 2.45) is 10.2 Å². The summed E-state index contributed by atoms with van der Waals surface area (Å²) >= 11 is 0. The highest BCUT2D eigenvalue weighted by Crippen LogP contribution is 2.35. The van der Waals surface area contributed by atoms with Crippen LogP contribution in [-0.4, -0.2) is 24.4 Å². The van der Waals surface area contributed by atoms with Crippen LogP contribution in [0.5, 0.6) is 5.88 Å². The number of aromatic amines is 1. The zero-order chi connectivity index (χ0) is 22.0. The van der Waals surface area contributed by atoms with Crippen LogP contribution in [0.25, 0.3) is 10.9 Å². The van der Waals surface area contributed by atoms with Gasteiger partial charge < -0.3 is 10.1 Å². The number of para-hydroxylation sites is 1. The van der Waals surface area contributed by atoms with Crippen LogP contribution >= 0.6 is 0 Å². The highest BCUT2D eigenvalue weighted by atomic mass is 32.2. The maximum atomic E-state index is 12.6. The number of fused-ring (bicyclic) bond motifs is 1. The van der Waals surface area contributed by atoms with Crippen molar-refractivity contribution in [3.05, 3.63) is 83.9 Å². The van der Waals surface area contributed by atoms with E-state index in [4.69, 9.17) is 0 Å². The number of H-pyrrole nitrogens is 1. The maximum Gasteiger partial charge on any atom is 0.295 e. The molecule has 0 fully saturated rings. The summed E-state index contributed by atoms with van der Waals surface area (Å²) in [4.78, 5) is 15.3. The van der Waals surface area contributed by atoms with E-state index in [1.54, 1.807) is 49.4 Å². The number of azo groups is 1. The molecule has 3 aromatic carbocycles. The van der Waals surface area contributed by atoms with Crippen molar-refractivity contribution in [3.8, 4) is 5.88 Å². The van der Waals surface area contributed by atoms with Gasteiger partial charge in [-0.05, 0) is 48.9 Å². The van der Waals surface area contributed by atoms with Crippen molar-refractivity contribution < 1.29 is 18.3 Å². The summed E-state index contributed by atoms with van der Waals surface area (Å²) in [6, 6.07) is 19.6. The third-order valence-electron chi connectivity index (χ3n) is 4.67. The fraction of sp³-hybridized carbons (Fsp3) is 0.0455. The molecule has 1 amide bonds. The number of nitrogens with one attached hydrogen (secondary N) is 2. The SMILES string of the molecule is Cc1ccccc1S(=O)(=O)Nc1ccc(C(=O)N=Nc2c(O)[nH]c3ccccc23)cc1. The summed E-state index contributed by atoms with van der Waals surface area (Å²) in [6.45, 7) is 1.72. The topological polar surface area (TPSA) is 124 Å². The Kier molecular flexibility index (Phi) is 5.26. The zero-order valence-corrected chi connectivity index (χ0v) is 17.2. The Balaban J connectivity index is 1.51. The molecular weight excluding hydrogens is 416 g/mol. The van der Waals surface area contributed by atoms with Crippen LogP contribution in [0, 0.1) is 6.92 Å². The molecule has 0 aliphatic carbocycles. The smallest absolute Gasteiger partial charge is 0.295 e. The molecule has 0 atom stereocenters. The maximum absolute atomic E-state index is 12.6. The van der Waals surface area contributed by atoms with Crippen LogP contribution in [0.2, 0.25) is 0 Å². The number of anilines is 1. The number of carbonyl (C=O) groups is 1. The Morgan fingerprint density at radius 2 is 1.65 bits per heavy atom. The van der Waals surface area contributed by atoms with Gasteiger partial charge in [-0.3, -0.25) is 9.52 Å². The van der Waals surface area contributed by atoms with Gasteiger partial charge in [-0.2, -0.15) is 0 Å². The third-order valence-corrected chi connectivity index (χ3v) is 6.21. The first-order valence-corrected chi connectivity index (χ1v) is 10.8. The van der Waals surface area contributed by atoms with Crippen molar-refractivity contribution in [1.29, 1.82) is 0 Å². The van der Waals surface area contributed by atoms with Crippen molar-refractivity contribution >= 4 is 38.2 Å². The Morgan fingerprint density at radius 3 is 2.39 bits per heavy atom. The zero-order valence-electron chi connectivity index (χ0n) is 16.4. The number of rotatable bonds is 5. The van der Waals surface area contributed by atoms with E-state index < -0.39 is 15.9 Å². The molecule has 9 heteroatoms. The van der Waals surface area contributed by atoms with Crippen molar-refractivity contribution in [1.82, 2.24) is 4.98 Å². The molecule has 0 saturated heterocycles. The van der Waals surface area contributed by atoms with E-state index in [1.807, 2.05) is 0 Å². The van der Waals surface area contributed by atoms with Crippen LogP contribution in [0.1, 0.15) is 15.9 Å². The second-order valence-corrected chi connectivity index (χ2v) is 8.47. The van der Waals surface area contributed by atoms with E-state index in [2.05, 4.69) is 19.9 Å². The van der Waals surface area contributed by atoms with Gasteiger partial charge in [0.05, 0.1) is 10.4 Å². The molecule has 31 heavy (non-hydrogen) atoms. The molecule has 3 N–H and O–H groups in total. The van der Waals surface area contributed by atoms with Gasteiger partial charge >= 0.3 is 0 Å². The normalized spacial score (nSPS) is 11.8. The fourth-order valence-electron chi connectivity index (χ4n) is 3.12. The molecule has 8 nitrogen and oxygen atoms in total. The summed E-state index contributed by atoms with van der Waals surface area (Å²) in [5.41, 5.74) is 2.01. The van der Waals surface area contributed by atoms with Crippen molar-refractivity contribution in [2.45, 2.75) is 11.8 Å². The number of sulfonamides is 1. The predicted octanol–water partition coefficient (Wildman–Crippen LogP) is 4.91. The Bertz CT molecular complexity index is 1410. The minimum absolute atomic E-state index is 0.173. The molecule has 0 spiro atoms. The molecule has 1 aromatic heterocycles. The summed E-state index contributed by atoms with van der Waals surface area (Å²) in [7, 11) is -3.75. The molecule has 0 aliphatic rings. The summed E-state index contributed by atoms with van der Waals surface area (Å²) in [5, 5.41) is 18.2. The molecule has 156 valence electrons. The summed E-state index contributed by atoms with van der Waals surface area (Å²) in [5.74, 6) is -0.809. The van der Waals surface area contributed by atoms with Crippen LogP contribution in [-0.2, 0) is 10.0 Å². The number of aromatic nitrogens is 1. The molecule has 0 aliphatic heterocycles. The lowest BCUT2D eigenvalue weighted by molar-refractivity contribution is 0.0995. The predicted molar refractivity (Wildman–Crippen MR) is 117 cm³/mol. The molecule has 0 unspecified atom stereocenters. The standard InChI is InChI=1S/C22H18N4O4S/c1-14-6-2-5-9-19(14)31(29,30)26-16-12-10-15(11-13-16)21(27)25-24-20-17-7-3-4-8-18(17)23-22(20)28/h2-13,23,26,28H,1H3. The van der Waals surface area contributed by atoms with Gasteiger partial charge in [0.15, 0.2) is 5.69 Å². The van der Waals surface area contributed by atoms with E-state index in [9.17, 15) is 18.3 Å². The number of nitrogens with zero attached hydrogens (tertiary/aromatic N) is 2. The number of hydrogen-bond donors (Lipinski definition) is 3. The minimum Gasteiger partial charge on any atom is -0.493 e. The Labute approximate surface area is 178 Å². The quantitative estimate of drug-likeness (QED) is 0.386. The van der Waals surface area contributed by atoms with Gasteiger partial charge in [0.2, 0.25) is 5.88 Å². The lowest BCUT2D eigenvalue weighted by Crippen LogP contribution is -2.14. The molecule has 0 saturated carbocycles. The number of carbonyl (C=O) groups excluding carboxylic acids is 1. The fourth-order valence-corrected chi connectivity index (χ4v) is 4.42. The molecule has 4 aromatic rings. The third kappa shape index (κ3) is 4.17. The first-order valence-electron chi connectivity index (χ1n) is 9.29. The van der Waals surface area contributed by atoms with Crippen molar-refractivity contribution in [2.75, 3.05) is 4.72 Å². The highest BCUT2D eigenvalue weighted by molar-refractivity contribution is 7.92. The molecular formula is C22H18N4O4S. The van der Waals surface area contributed by atoms with Crippen LogP contribution in [0.4, 0.5) is 11.4 Å². The van der Waals surface area contributed by atoms with Crippen LogP contribution in [0.15, 0.2) is 87.9 Å². The molecule has 0 radical (unpaired) electrons. The van der Waals surface area contributed by atoms with E-state index in [0.29, 0.717) is 22.2 Å². The van der Waals surface area contributed by atoms with Gasteiger partial charge in [0, 0.05) is 16.6 Å². The van der Waals surface area contributed by atoms with E-state index >= 15 is 0 Å². The summed E-state index contributed by atoms with van der Waals surface area (Å²) in [6.07, 6.45) is 0. The van der Waals surface area contributed by atoms with Crippen LogP contribution in [0.3, 0.4) is 0 Å². The number of amides is 1. The molecule has 4 rings (SSSR count). The van der Waals surface area contributed by atoms with Gasteiger partial charge in [-0.25, -0.2) is 8.42 Å². The first-order chi connectivity index (χ1) is 14.8. The minimum atomic E-state index is -3.75. The lowest BCUT2D eigenvalue weighted by atomic mass is 10.2. The number of hydrogen-bond acceptors (Lipinski definition) is 5. The number of aromatic hydroxyl groups is 1. The average molecular weight is 434 g/mol. The van der Waals surface area contributed by atoms with E-state index in [0.717, 1.165) is 0 Å². The first kappa shape index (κ1) is 20.3. The Hall–Kier alpha value is -3.98. The lowest BCUT2D eigenvalue weighted by Gasteiger charge is -2.10. The molecule has 1 heterocycles. The second-order valence-electron chi connectivity index (χ2n) is 6.82. The number of aryl methyl sites for hydroxylation is 1. The second kappa shape index (κ2) is 8.04. The summed E-state index contributed by atoms with van der Waals surface area (Å²) < 4.78 is 27.6. The number of benzene rings is 3. The van der Waals surface area contributed by atoms with E-state index in [1.165, 1.54) is 30.3 Å². The van der Waals surface area contributed by atoms with Gasteiger partial charge in [0.25, 0.3) is 15.9 Å². The molecule has 0 bridgehead atoms. The largest absolute Gasteiger partial charge is 0.493 e. The van der Waals surface area contributed by atoms with Crippen molar-refractivity contribution in [3.63, 3.8) is 0 Å². The Morgan fingerprint density at radius 1 is 0.968 bits per heavy atom. The monoisotopic (exact) mass is 434 g/mol.